The van der Waals surface area contributed by atoms with Gasteiger partial charge in [0.25, 0.3) is 0 Å². The van der Waals surface area contributed by atoms with Gasteiger partial charge in [-0.1, -0.05) is 26.2 Å². The number of aliphatic imine (C=N–C) groups is 1. The molecule has 0 spiro atoms. The van der Waals surface area contributed by atoms with Gasteiger partial charge in [-0.15, -0.1) is 0 Å². The van der Waals surface area contributed by atoms with E-state index in [2.05, 4.69) is 27.4 Å². The predicted octanol–water partition coefficient (Wildman–Crippen LogP) is 2.87. The van der Waals surface area contributed by atoms with Crippen molar-refractivity contribution in [3.63, 3.8) is 0 Å². The zero-order chi connectivity index (χ0) is 17.9. The van der Waals surface area contributed by atoms with Crippen LogP contribution in [-0.4, -0.2) is 63.8 Å². The highest BCUT2D eigenvalue weighted by molar-refractivity contribution is 5.79. The molecular weight excluding hydrogens is 312 g/mol. The summed E-state index contributed by atoms with van der Waals surface area (Å²) < 4.78 is 5.15. The third-order valence-corrected chi connectivity index (χ3v) is 5.86. The SMILES string of the molecule is CN=C(NCCC1CCCC(C)C1)NC1CCN(CCCOC)CC1. The van der Waals surface area contributed by atoms with E-state index in [0.29, 0.717) is 6.04 Å². The molecule has 0 aromatic rings. The third-order valence-electron chi connectivity index (χ3n) is 5.86. The Morgan fingerprint density at radius 3 is 2.68 bits per heavy atom. The van der Waals surface area contributed by atoms with Gasteiger partial charge in [-0.2, -0.15) is 0 Å². The van der Waals surface area contributed by atoms with Crippen molar-refractivity contribution >= 4 is 5.96 Å². The molecule has 146 valence electrons. The van der Waals surface area contributed by atoms with Gasteiger partial charge in [-0.25, -0.2) is 0 Å². The summed E-state index contributed by atoms with van der Waals surface area (Å²) in [4.78, 5) is 6.98. The first-order valence-corrected chi connectivity index (χ1v) is 10.4. The molecule has 0 aromatic carbocycles. The quantitative estimate of drug-likeness (QED) is 0.401. The minimum Gasteiger partial charge on any atom is -0.385 e. The number of hydrogen-bond donors (Lipinski definition) is 2. The van der Waals surface area contributed by atoms with Crippen molar-refractivity contribution in [3.8, 4) is 0 Å². The number of guanidine groups is 1. The molecule has 2 unspecified atom stereocenters. The standard InChI is InChI=1S/C20H40N4O/c1-17-6-4-7-18(16-17)8-11-22-20(21-2)23-19-9-13-24(14-10-19)12-5-15-25-3/h17-19H,4-16H2,1-3H3,(H2,21,22,23). The largest absolute Gasteiger partial charge is 0.385 e. The van der Waals surface area contributed by atoms with Gasteiger partial charge in [-0.05, 0) is 43.9 Å². The molecule has 1 saturated carbocycles. The number of likely N-dealkylation sites (tertiary alicyclic amines) is 1. The molecule has 0 bridgehead atoms. The monoisotopic (exact) mass is 352 g/mol. The molecule has 0 aromatic heterocycles. The van der Waals surface area contributed by atoms with Crippen LogP contribution in [0.2, 0.25) is 0 Å². The molecule has 0 radical (unpaired) electrons. The Kier molecular flexibility index (Phi) is 9.63. The number of hydrogen-bond acceptors (Lipinski definition) is 3. The van der Waals surface area contributed by atoms with Crippen molar-refractivity contribution in [2.24, 2.45) is 16.8 Å². The van der Waals surface area contributed by atoms with Crippen LogP contribution in [0.1, 0.15) is 58.3 Å². The van der Waals surface area contributed by atoms with E-state index in [4.69, 9.17) is 4.74 Å². The van der Waals surface area contributed by atoms with E-state index in [1.54, 1.807) is 7.11 Å². The van der Waals surface area contributed by atoms with Crippen LogP contribution in [0.3, 0.4) is 0 Å². The minimum absolute atomic E-state index is 0.555. The molecule has 0 amide bonds. The van der Waals surface area contributed by atoms with Gasteiger partial charge in [0.1, 0.15) is 0 Å². The lowest BCUT2D eigenvalue weighted by atomic mass is 9.81. The normalized spacial score (nSPS) is 26.6. The number of piperidine rings is 1. The van der Waals surface area contributed by atoms with E-state index in [-0.39, 0.29) is 0 Å². The Balaban J connectivity index is 1.59. The molecule has 2 fully saturated rings. The highest BCUT2D eigenvalue weighted by atomic mass is 16.5. The van der Waals surface area contributed by atoms with Crippen LogP contribution in [0.15, 0.2) is 4.99 Å². The van der Waals surface area contributed by atoms with Gasteiger partial charge in [0.2, 0.25) is 0 Å². The fourth-order valence-corrected chi connectivity index (χ4v) is 4.34. The fraction of sp³-hybridized carbons (Fsp3) is 0.950. The summed E-state index contributed by atoms with van der Waals surface area (Å²) >= 11 is 0. The number of ether oxygens (including phenoxy) is 1. The number of nitrogens with one attached hydrogen (secondary N) is 2. The van der Waals surface area contributed by atoms with Crippen LogP contribution in [0.5, 0.6) is 0 Å². The van der Waals surface area contributed by atoms with Crippen molar-refractivity contribution in [2.45, 2.75) is 64.3 Å². The van der Waals surface area contributed by atoms with Crippen molar-refractivity contribution in [1.29, 1.82) is 0 Å². The maximum Gasteiger partial charge on any atom is 0.191 e. The summed E-state index contributed by atoms with van der Waals surface area (Å²) in [5, 5.41) is 7.17. The molecule has 2 aliphatic rings. The van der Waals surface area contributed by atoms with Crippen molar-refractivity contribution in [3.05, 3.63) is 0 Å². The van der Waals surface area contributed by atoms with Crippen molar-refractivity contribution < 1.29 is 4.74 Å². The lowest BCUT2D eigenvalue weighted by molar-refractivity contribution is 0.155. The Bertz CT molecular complexity index is 380. The minimum atomic E-state index is 0.555. The van der Waals surface area contributed by atoms with E-state index in [1.807, 2.05) is 7.05 Å². The summed E-state index contributed by atoms with van der Waals surface area (Å²) in [7, 11) is 3.67. The van der Waals surface area contributed by atoms with E-state index in [0.717, 1.165) is 43.9 Å². The number of nitrogens with zero attached hydrogens (tertiary/aromatic N) is 2. The first-order valence-electron chi connectivity index (χ1n) is 10.4. The molecular formula is C20H40N4O. The van der Waals surface area contributed by atoms with Crippen LogP contribution in [-0.2, 0) is 4.74 Å². The van der Waals surface area contributed by atoms with Gasteiger partial charge in [-0.3, -0.25) is 4.99 Å². The van der Waals surface area contributed by atoms with E-state index < -0.39 is 0 Å². The second-order valence-electron chi connectivity index (χ2n) is 8.03. The molecule has 2 atom stereocenters. The molecule has 1 saturated heterocycles. The zero-order valence-electron chi connectivity index (χ0n) is 16.7. The Hall–Kier alpha value is -0.810. The van der Waals surface area contributed by atoms with Crippen LogP contribution in [0.25, 0.3) is 0 Å². The van der Waals surface area contributed by atoms with Gasteiger partial charge in [0.05, 0.1) is 0 Å². The number of rotatable bonds is 8. The summed E-state index contributed by atoms with van der Waals surface area (Å²) in [5.41, 5.74) is 0. The first kappa shape index (κ1) is 20.5. The Labute approximate surface area is 155 Å². The molecule has 5 nitrogen and oxygen atoms in total. The summed E-state index contributed by atoms with van der Waals surface area (Å²) in [6.07, 6.45) is 10.5. The summed E-state index contributed by atoms with van der Waals surface area (Å²) in [5.74, 6) is 2.82. The van der Waals surface area contributed by atoms with Crippen LogP contribution < -0.4 is 10.6 Å². The maximum absolute atomic E-state index is 5.15. The summed E-state index contributed by atoms with van der Waals surface area (Å²) in [6.45, 7) is 7.84. The Morgan fingerprint density at radius 2 is 2.00 bits per heavy atom. The van der Waals surface area contributed by atoms with Crippen LogP contribution in [0, 0.1) is 11.8 Å². The molecule has 25 heavy (non-hydrogen) atoms. The lowest BCUT2D eigenvalue weighted by Gasteiger charge is -2.33. The van der Waals surface area contributed by atoms with Crippen molar-refractivity contribution in [1.82, 2.24) is 15.5 Å². The molecule has 5 heteroatoms. The fourth-order valence-electron chi connectivity index (χ4n) is 4.34. The Morgan fingerprint density at radius 1 is 1.20 bits per heavy atom. The van der Waals surface area contributed by atoms with E-state index in [1.165, 1.54) is 58.0 Å². The van der Waals surface area contributed by atoms with Gasteiger partial charge >= 0.3 is 0 Å². The van der Waals surface area contributed by atoms with Gasteiger partial charge in [0, 0.05) is 53.0 Å². The highest BCUT2D eigenvalue weighted by Crippen LogP contribution is 2.30. The molecule has 1 aliphatic heterocycles. The van der Waals surface area contributed by atoms with Crippen molar-refractivity contribution in [2.75, 3.05) is 46.9 Å². The summed E-state index contributed by atoms with van der Waals surface area (Å²) in [6, 6.07) is 0.555. The molecule has 2 N–H and O–H groups in total. The smallest absolute Gasteiger partial charge is 0.191 e. The van der Waals surface area contributed by atoms with Gasteiger partial charge in [0.15, 0.2) is 5.96 Å². The topological polar surface area (TPSA) is 48.9 Å². The first-order chi connectivity index (χ1) is 12.2. The van der Waals surface area contributed by atoms with E-state index >= 15 is 0 Å². The third kappa shape index (κ3) is 7.95. The molecule has 1 heterocycles. The predicted molar refractivity (Wildman–Crippen MR) is 106 cm³/mol. The second-order valence-corrected chi connectivity index (χ2v) is 8.03. The van der Waals surface area contributed by atoms with Crippen LogP contribution in [0.4, 0.5) is 0 Å². The average Bonchev–Trinajstić information content (AvgIpc) is 2.62. The highest BCUT2D eigenvalue weighted by Gasteiger charge is 2.20. The van der Waals surface area contributed by atoms with E-state index in [9.17, 15) is 0 Å². The average molecular weight is 353 g/mol. The maximum atomic E-state index is 5.15. The molecule has 2 rings (SSSR count). The zero-order valence-corrected chi connectivity index (χ0v) is 16.7. The number of methoxy groups -OCH3 is 1. The second kappa shape index (κ2) is 11.7. The van der Waals surface area contributed by atoms with Gasteiger partial charge < -0.3 is 20.3 Å². The molecule has 1 aliphatic carbocycles. The van der Waals surface area contributed by atoms with Crippen LogP contribution >= 0.6 is 0 Å². The lowest BCUT2D eigenvalue weighted by Crippen LogP contribution is -2.49.